The van der Waals surface area contributed by atoms with Gasteiger partial charge in [0.05, 0.1) is 17.8 Å². The van der Waals surface area contributed by atoms with Gasteiger partial charge in [-0.2, -0.15) is 0 Å². The minimum atomic E-state index is -3.61. The summed E-state index contributed by atoms with van der Waals surface area (Å²) in [4.78, 5) is 13.4. The number of nitrogens with zero attached hydrogens (tertiary/aromatic N) is 1. The average Bonchev–Trinajstić information content (AvgIpc) is 3.27. The summed E-state index contributed by atoms with van der Waals surface area (Å²) in [7, 11) is -3.61. The molecule has 2 bridgehead atoms. The highest BCUT2D eigenvalue weighted by Crippen LogP contribution is 2.70. The number of carbonyl (C=O) groups is 1. The van der Waals surface area contributed by atoms with Crippen molar-refractivity contribution in [1.82, 2.24) is 4.31 Å². The highest BCUT2D eigenvalue weighted by molar-refractivity contribution is 7.90. The van der Waals surface area contributed by atoms with Crippen LogP contribution in [0.3, 0.4) is 0 Å². The van der Waals surface area contributed by atoms with Gasteiger partial charge >= 0.3 is 0 Å². The Labute approximate surface area is 161 Å². The first kappa shape index (κ1) is 17.7. The van der Waals surface area contributed by atoms with Gasteiger partial charge in [0.15, 0.2) is 0 Å². The summed E-state index contributed by atoms with van der Waals surface area (Å²) in [6.45, 7) is 4.39. The van der Waals surface area contributed by atoms with Crippen LogP contribution in [0.2, 0.25) is 0 Å². The third kappa shape index (κ3) is 2.09. The lowest BCUT2D eigenvalue weighted by Gasteiger charge is -2.37. The molecular weight excluding hydrogens is 360 g/mol. The van der Waals surface area contributed by atoms with Gasteiger partial charge in [-0.25, -0.2) is 12.7 Å². The fraction of sp³-hybridized carbons (Fsp3) is 0.667. The Hall–Kier alpha value is -1.40. The zero-order chi connectivity index (χ0) is 19.2. The molecule has 0 unspecified atom stereocenters. The first-order chi connectivity index (χ1) is 12.7. The maximum Gasteiger partial charge on any atom is 0.253 e. The maximum absolute atomic E-state index is 13.4. The number of aryl methyl sites for hydroxylation is 1. The molecule has 1 heterocycles. The fourth-order valence-corrected chi connectivity index (χ4v) is 9.43. The predicted octanol–water partition coefficient (Wildman–Crippen LogP) is 2.41. The molecule has 0 aromatic heterocycles. The lowest BCUT2D eigenvalue weighted by molar-refractivity contribution is -0.130. The summed E-state index contributed by atoms with van der Waals surface area (Å²) < 4.78 is 27.4. The number of fused-ring (bicyclic) bond motifs is 2. The molecule has 5 nitrogen and oxygen atoms in total. The molecule has 2 N–H and O–H groups in total. The number of hydrogen-bond acceptors (Lipinski definition) is 4. The number of carbonyl (C=O) groups excluding carboxylic acids is 1. The number of amides is 1. The van der Waals surface area contributed by atoms with E-state index in [9.17, 15) is 13.2 Å². The van der Waals surface area contributed by atoms with Crippen molar-refractivity contribution in [3.8, 4) is 0 Å². The van der Waals surface area contributed by atoms with Crippen LogP contribution in [0.5, 0.6) is 0 Å². The van der Waals surface area contributed by atoms with Gasteiger partial charge in [-0.05, 0) is 54.6 Å². The maximum atomic E-state index is 13.4. The van der Waals surface area contributed by atoms with E-state index in [0.29, 0.717) is 5.92 Å². The molecule has 146 valence electrons. The van der Waals surface area contributed by atoms with Crippen molar-refractivity contribution in [2.75, 3.05) is 5.75 Å². The van der Waals surface area contributed by atoms with E-state index in [0.717, 1.165) is 37.7 Å². The molecule has 1 spiro atoms. The van der Waals surface area contributed by atoms with Gasteiger partial charge in [0.1, 0.15) is 0 Å². The summed E-state index contributed by atoms with van der Waals surface area (Å²) in [6, 6.07) is 7.08. The molecule has 4 aliphatic rings. The number of sulfonamides is 1. The molecule has 3 fully saturated rings. The zero-order valence-electron chi connectivity index (χ0n) is 16.0. The van der Waals surface area contributed by atoms with Crippen LogP contribution in [-0.2, 0) is 21.2 Å². The van der Waals surface area contributed by atoms with E-state index in [4.69, 9.17) is 5.73 Å². The molecular formula is C21H28N2O3S. The van der Waals surface area contributed by atoms with Crippen molar-refractivity contribution in [3.05, 3.63) is 35.4 Å². The second-order valence-electron chi connectivity index (χ2n) is 9.62. The number of hydrogen-bond donors (Lipinski definition) is 1. The van der Waals surface area contributed by atoms with E-state index in [2.05, 4.69) is 19.9 Å². The smallest absolute Gasteiger partial charge is 0.253 e. The van der Waals surface area contributed by atoms with Gasteiger partial charge in [0, 0.05) is 11.3 Å². The quantitative estimate of drug-likeness (QED) is 0.844. The third-order valence-corrected chi connectivity index (χ3v) is 10.4. The van der Waals surface area contributed by atoms with Crippen LogP contribution in [0.25, 0.3) is 0 Å². The van der Waals surface area contributed by atoms with Crippen molar-refractivity contribution in [2.24, 2.45) is 22.5 Å². The average molecular weight is 389 g/mol. The van der Waals surface area contributed by atoms with E-state index in [-0.39, 0.29) is 34.4 Å². The highest BCUT2D eigenvalue weighted by Gasteiger charge is 2.72. The Balaban J connectivity index is 1.49. The summed E-state index contributed by atoms with van der Waals surface area (Å²) in [6.07, 6.45) is 4.48. The third-order valence-electron chi connectivity index (χ3n) is 8.53. The first-order valence-corrected chi connectivity index (χ1v) is 11.7. The number of nitrogens with two attached hydrogens (primary N) is 1. The van der Waals surface area contributed by atoms with E-state index in [1.807, 2.05) is 18.2 Å². The van der Waals surface area contributed by atoms with Crippen molar-refractivity contribution in [2.45, 2.75) is 64.0 Å². The van der Waals surface area contributed by atoms with Crippen molar-refractivity contribution < 1.29 is 13.2 Å². The zero-order valence-corrected chi connectivity index (χ0v) is 16.8. The molecule has 1 aliphatic heterocycles. The van der Waals surface area contributed by atoms with Gasteiger partial charge < -0.3 is 5.73 Å². The molecule has 1 aromatic rings. The van der Waals surface area contributed by atoms with E-state index in [1.165, 1.54) is 9.87 Å². The van der Waals surface area contributed by atoms with Crippen LogP contribution in [0, 0.1) is 16.7 Å². The minimum absolute atomic E-state index is 0.0379. The summed E-state index contributed by atoms with van der Waals surface area (Å²) in [5.74, 6) is 0.124. The Kier molecular flexibility index (Phi) is 3.50. The van der Waals surface area contributed by atoms with Gasteiger partial charge in [-0.1, -0.05) is 38.1 Å². The molecule has 27 heavy (non-hydrogen) atoms. The molecule has 3 aliphatic carbocycles. The molecule has 5 atom stereocenters. The number of rotatable bonds is 2. The molecule has 0 radical (unpaired) electrons. The van der Waals surface area contributed by atoms with E-state index < -0.39 is 16.1 Å². The van der Waals surface area contributed by atoms with Crippen molar-refractivity contribution >= 4 is 15.9 Å². The SMILES string of the molecule is CC1(C)[C@@H]2CC[C@]13CS(=O)(=O)N(C(=O)[C@@H](N)[C@H]1CCc4ccccc41)[C@@H]3C2. The highest BCUT2D eigenvalue weighted by atomic mass is 32.2. The van der Waals surface area contributed by atoms with Gasteiger partial charge in [-0.3, -0.25) is 4.79 Å². The lowest BCUT2D eigenvalue weighted by atomic mass is 9.69. The van der Waals surface area contributed by atoms with E-state index >= 15 is 0 Å². The van der Waals surface area contributed by atoms with Crippen LogP contribution < -0.4 is 5.73 Å². The Morgan fingerprint density at radius 1 is 1.26 bits per heavy atom. The Bertz CT molecular complexity index is 925. The predicted molar refractivity (Wildman–Crippen MR) is 103 cm³/mol. The topological polar surface area (TPSA) is 80.5 Å². The standard InChI is InChI=1S/C21H28N2O3S/c1-20(2)14-9-10-21(20)12-27(25,26)23(17(21)11-14)19(24)18(22)16-8-7-13-5-3-4-6-15(13)16/h3-6,14,16-18H,7-12,22H2,1-2H3/t14-,16+,17-,18+,21-/m1/s1. The molecule has 2 saturated carbocycles. The normalized spacial score (nSPS) is 38.6. The Morgan fingerprint density at radius 2 is 2.00 bits per heavy atom. The van der Waals surface area contributed by atoms with Gasteiger partial charge in [0.25, 0.3) is 5.91 Å². The van der Waals surface area contributed by atoms with Crippen LogP contribution in [0.4, 0.5) is 0 Å². The second-order valence-corrected chi connectivity index (χ2v) is 11.5. The second kappa shape index (κ2) is 5.35. The van der Waals surface area contributed by atoms with Gasteiger partial charge in [0.2, 0.25) is 10.0 Å². The Morgan fingerprint density at radius 3 is 2.74 bits per heavy atom. The van der Waals surface area contributed by atoms with Crippen molar-refractivity contribution in [1.29, 1.82) is 0 Å². The monoisotopic (exact) mass is 388 g/mol. The molecule has 1 amide bonds. The summed E-state index contributed by atoms with van der Waals surface area (Å²) in [5.41, 5.74) is 8.44. The largest absolute Gasteiger partial charge is 0.319 e. The molecule has 1 aromatic carbocycles. The first-order valence-electron chi connectivity index (χ1n) is 10.1. The van der Waals surface area contributed by atoms with Crippen LogP contribution in [-0.4, -0.2) is 36.5 Å². The van der Waals surface area contributed by atoms with Crippen LogP contribution in [0.1, 0.15) is 56.6 Å². The molecule has 6 heteroatoms. The van der Waals surface area contributed by atoms with Crippen LogP contribution in [0.15, 0.2) is 24.3 Å². The minimum Gasteiger partial charge on any atom is -0.319 e. The summed E-state index contributed by atoms with van der Waals surface area (Å²) in [5, 5.41) is 0. The fourth-order valence-electron chi connectivity index (χ4n) is 6.86. The number of benzene rings is 1. The van der Waals surface area contributed by atoms with Crippen molar-refractivity contribution in [3.63, 3.8) is 0 Å². The molecule has 1 saturated heterocycles. The lowest BCUT2D eigenvalue weighted by Crippen LogP contribution is -2.51. The van der Waals surface area contributed by atoms with E-state index in [1.54, 1.807) is 0 Å². The molecule has 5 rings (SSSR count). The van der Waals surface area contributed by atoms with Crippen LogP contribution >= 0.6 is 0 Å². The summed E-state index contributed by atoms with van der Waals surface area (Å²) >= 11 is 0. The van der Waals surface area contributed by atoms with Gasteiger partial charge in [-0.15, -0.1) is 0 Å².